The molecule has 1 N–H and O–H groups in total. The highest BCUT2D eigenvalue weighted by Crippen LogP contribution is 2.27. The fourth-order valence-electron chi connectivity index (χ4n) is 4.84. The summed E-state index contributed by atoms with van der Waals surface area (Å²) in [4.78, 5) is 28.9. The van der Waals surface area contributed by atoms with Crippen LogP contribution in [0.3, 0.4) is 0 Å². The van der Waals surface area contributed by atoms with Gasteiger partial charge in [-0.15, -0.1) is 0 Å². The molecule has 7 heteroatoms. The molecule has 0 radical (unpaired) electrons. The Morgan fingerprint density at radius 2 is 1.74 bits per heavy atom. The lowest BCUT2D eigenvalue weighted by atomic mass is 10.0. The van der Waals surface area contributed by atoms with Crippen molar-refractivity contribution in [3.63, 3.8) is 0 Å². The molecule has 0 aliphatic heterocycles. The molecule has 1 atom stereocenters. The van der Waals surface area contributed by atoms with E-state index in [0.29, 0.717) is 17.7 Å². The Hall–Kier alpha value is -3.19. The molecule has 3 aromatic rings. The number of nitrogens with zero attached hydrogens (tertiary/aromatic N) is 1. The molecule has 0 spiro atoms. The number of aryl methyl sites for hydroxylation is 1. The standard InChI is InChI=1S/C31H34BrFN2O3/c1-2-22-16-17-29(26(32)18-22)38-21-30(36)35(20-24-12-6-9-15-27(24)33)28(19-23-10-4-3-5-11-23)31(37)34-25-13-7-8-14-25/h3-6,9-12,15-18,25,28H,2,7-8,13-14,19-21H2,1H3,(H,34,37)/t28-/m0/s1. The average Bonchev–Trinajstić information content (AvgIpc) is 3.44. The van der Waals surface area contributed by atoms with Gasteiger partial charge in [0.05, 0.1) is 4.47 Å². The molecule has 0 unspecified atom stereocenters. The summed E-state index contributed by atoms with van der Waals surface area (Å²) in [5.41, 5.74) is 2.41. The maximum absolute atomic E-state index is 14.7. The van der Waals surface area contributed by atoms with E-state index in [1.165, 1.54) is 11.0 Å². The minimum Gasteiger partial charge on any atom is -0.483 e. The minimum atomic E-state index is -0.820. The van der Waals surface area contributed by atoms with Crippen molar-refractivity contribution in [2.75, 3.05) is 6.61 Å². The molecule has 4 rings (SSSR count). The Morgan fingerprint density at radius 3 is 2.42 bits per heavy atom. The Labute approximate surface area is 232 Å². The molecule has 38 heavy (non-hydrogen) atoms. The van der Waals surface area contributed by atoms with Crippen LogP contribution < -0.4 is 10.1 Å². The Balaban J connectivity index is 1.62. The van der Waals surface area contributed by atoms with Crippen LogP contribution in [-0.2, 0) is 29.0 Å². The van der Waals surface area contributed by atoms with E-state index in [9.17, 15) is 14.0 Å². The van der Waals surface area contributed by atoms with Gasteiger partial charge in [0.15, 0.2) is 6.61 Å². The van der Waals surface area contributed by atoms with Crippen LogP contribution in [0.5, 0.6) is 5.75 Å². The number of hydrogen-bond donors (Lipinski definition) is 1. The second kappa shape index (κ2) is 13.6. The van der Waals surface area contributed by atoms with E-state index in [0.717, 1.165) is 47.7 Å². The number of halogens is 2. The largest absolute Gasteiger partial charge is 0.483 e. The fraction of sp³-hybridized carbons (Fsp3) is 0.355. The van der Waals surface area contributed by atoms with Crippen molar-refractivity contribution in [2.24, 2.45) is 0 Å². The predicted molar refractivity (Wildman–Crippen MR) is 150 cm³/mol. The Morgan fingerprint density at radius 1 is 1.03 bits per heavy atom. The molecule has 1 aliphatic rings. The van der Waals surface area contributed by atoms with E-state index in [-0.39, 0.29) is 31.0 Å². The monoisotopic (exact) mass is 580 g/mol. The highest BCUT2D eigenvalue weighted by Gasteiger charge is 2.33. The third-order valence-electron chi connectivity index (χ3n) is 7.03. The van der Waals surface area contributed by atoms with Crippen LogP contribution in [0.4, 0.5) is 4.39 Å². The van der Waals surface area contributed by atoms with Gasteiger partial charge in [-0.25, -0.2) is 4.39 Å². The average molecular weight is 582 g/mol. The number of hydrogen-bond acceptors (Lipinski definition) is 3. The second-order valence-corrected chi connectivity index (χ2v) is 10.6. The molecular weight excluding hydrogens is 547 g/mol. The number of carbonyl (C=O) groups is 2. The highest BCUT2D eigenvalue weighted by molar-refractivity contribution is 9.10. The zero-order valence-corrected chi connectivity index (χ0v) is 23.3. The second-order valence-electron chi connectivity index (χ2n) is 9.72. The van der Waals surface area contributed by atoms with Crippen LogP contribution in [0, 0.1) is 5.82 Å². The van der Waals surface area contributed by atoms with Crippen molar-refractivity contribution < 1.29 is 18.7 Å². The number of benzene rings is 3. The molecule has 0 bridgehead atoms. The zero-order chi connectivity index (χ0) is 26.9. The molecule has 1 aliphatic carbocycles. The number of nitrogens with one attached hydrogen (secondary N) is 1. The summed E-state index contributed by atoms with van der Waals surface area (Å²) in [6.07, 6.45) is 5.20. The predicted octanol–water partition coefficient (Wildman–Crippen LogP) is 6.23. The van der Waals surface area contributed by atoms with Gasteiger partial charge in [-0.2, -0.15) is 0 Å². The van der Waals surface area contributed by atoms with E-state index in [4.69, 9.17) is 4.74 Å². The summed E-state index contributed by atoms with van der Waals surface area (Å²) in [5, 5.41) is 3.16. The van der Waals surface area contributed by atoms with Crippen LogP contribution in [-0.4, -0.2) is 35.4 Å². The first kappa shape index (κ1) is 27.8. The van der Waals surface area contributed by atoms with Gasteiger partial charge in [0.2, 0.25) is 5.91 Å². The summed E-state index contributed by atoms with van der Waals surface area (Å²) >= 11 is 3.52. The third-order valence-corrected chi connectivity index (χ3v) is 7.65. The zero-order valence-electron chi connectivity index (χ0n) is 21.7. The van der Waals surface area contributed by atoms with Crippen molar-refractivity contribution >= 4 is 27.7 Å². The van der Waals surface area contributed by atoms with Crippen molar-refractivity contribution in [3.8, 4) is 5.75 Å². The Kier molecular flexibility index (Phi) is 9.93. The maximum atomic E-state index is 14.7. The summed E-state index contributed by atoms with van der Waals surface area (Å²) in [6, 6.07) is 21.0. The van der Waals surface area contributed by atoms with Crippen LogP contribution in [0.25, 0.3) is 0 Å². The normalized spacial score (nSPS) is 14.2. The highest BCUT2D eigenvalue weighted by atomic mass is 79.9. The van der Waals surface area contributed by atoms with E-state index in [2.05, 4.69) is 28.2 Å². The molecule has 0 heterocycles. The first-order valence-electron chi connectivity index (χ1n) is 13.2. The van der Waals surface area contributed by atoms with E-state index in [1.54, 1.807) is 18.2 Å². The van der Waals surface area contributed by atoms with Gasteiger partial charge in [0.1, 0.15) is 17.6 Å². The molecule has 3 aromatic carbocycles. The van der Waals surface area contributed by atoms with Gasteiger partial charge < -0.3 is 15.0 Å². The van der Waals surface area contributed by atoms with Gasteiger partial charge in [-0.1, -0.05) is 74.4 Å². The van der Waals surface area contributed by atoms with Gasteiger partial charge in [-0.3, -0.25) is 9.59 Å². The van der Waals surface area contributed by atoms with E-state index >= 15 is 0 Å². The fourth-order valence-corrected chi connectivity index (χ4v) is 5.38. The molecule has 1 saturated carbocycles. The molecule has 2 amide bonds. The number of rotatable bonds is 11. The quantitative estimate of drug-likeness (QED) is 0.292. The molecule has 5 nitrogen and oxygen atoms in total. The first-order chi connectivity index (χ1) is 18.4. The lowest BCUT2D eigenvalue weighted by Crippen LogP contribution is -2.53. The van der Waals surface area contributed by atoms with Gasteiger partial charge in [-0.05, 0) is 64.5 Å². The van der Waals surface area contributed by atoms with Gasteiger partial charge in [0, 0.05) is 24.6 Å². The Bertz CT molecular complexity index is 1230. The first-order valence-corrected chi connectivity index (χ1v) is 14.0. The van der Waals surface area contributed by atoms with Gasteiger partial charge in [0.25, 0.3) is 5.91 Å². The summed E-state index contributed by atoms with van der Waals surface area (Å²) in [7, 11) is 0. The molecule has 200 valence electrons. The van der Waals surface area contributed by atoms with Crippen molar-refractivity contribution in [1.82, 2.24) is 10.2 Å². The SMILES string of the molecule is CCc1ccc(OCC(=O)N(Cc2ccccc2F)[C@@H](Cc2ccccc2)C(=O)NC2CCCC2)c(Br)c1. The molecule has 1 fully saturated rings. The third kappa shape index (κ3) is 7.44. The van der Waals surface area contributed by atoms with E-state index < -0.39 is 11.9 Å². The topological polar surface area (TPSA) is 58.6 Å². The van der Waals surface area contributed by atoms with Crippen LogP contribution in [0.1, 0.15) is 49.3 Å². The lowest BCUT2D eigenvalue weighted by Gasteiger charge is -2.32. The molecular formula is C31H34BrFN2O3. The molecule has 0 saturated heterocycles. The summed E-state index contributed by atoms with van der Waals surface area (Å²) in [5.74, 6) is -0.490. The van der Waals surface area contributed by atoms with Crippen molar-refractivity contribution in [1.29, 1.82) is 0 Å². The summed E-state index contributed by atoms with van der Waals surface area (Å²) in [6.45, 7) is 1.75. The maximum Gasteiger partial charge on any atom is 0.261 e. The van der Waals surface area contributed by atoms with Gasteiger partial charge >= 0.3 is 0 Å². The van der Waals surface area contributed by atoms with Crippen LogP contribution in [0.2, 0.25) is 0 Å². The number of carbonyl (C=O) groups excluding carboxylic acids is 2. The molecule has 0 aromatic heterocycles. The minimum absolute atomic E-state index is 0.0413. The smallest absolute Gasteiger partial charge is 0.261 e. The lowest BCUT2D eigenvalue weighted by molar-refractivity contribution is -0.143. The summed E-state index contributed by atoms with van der Waals surface area (Å²) < 4.78 is 21.4. The van der Waals surface area contributed by atoms with Crippen molar-refractivity contribution in [3.05, 3.63) is 99.8 Å². The van der Waals surface area contributed by atoms with Crippen molar-refractivity contribution in [2.45, 2.75) is 64.1 Å². The van der Waals surface area contributed by atoms with Crippen LogP contribution in [0.15, 0.2) is 77.3 Å². The number of amides is 2. The van der Waals surface area contributed by atoms with E-state index in [1.807, 2.05) is 48.5 Å². The number of ether oxygens (including phenoxy) is 1. The van der Waals surface area contributed by atoms with Crippen LogP contribution >= 0.6 is 15.9 Å².